The topological polar surface area (TPSA) is 106 Å². The Labute approximate surface area is 240 Å². The Morgan fingerprint density at radius 1 is 0.976 bits per heavy atom. The molecule has 1 aliphatic heterocycles. The van der Waals surface area contributed by atoms with Crippen LogP contribution in [0.4, 0.5) is 5.69 Å². The molecule has 1 amide bonds. The molecule has 2 N–H and O–H groups in total. The number of anilines is 1. The fourth-order valence-corrected chi connectivity index (χ4v) is 5.20. The average molecular weight is 563 g/mol. The molecular formula is C32H23ClN4O4. The first-order chi connectivity index (χ1) is 19.9. The van der Waals surface area contributed by atoms with Crippen molar-refractivity contribution in [1.29, 1.82) is 0 Å². The van der Waals surface area contributed by atoms with Crippen LogP contribution in [0.15, 0.2) is 91.3 Å². The third-order valence-corrected chi connectivity index (χ3v) is 7.24. The van der Waals surface area contributed by atoms with Gasteiger partial charge in [-0.3, -0.25) is 9.59 Å². The van der Waals surface area contributed by atoms with Crippen LogP contribution in [0.1, 0.15) is 16.7 Å². The van der Waals surface area contributed by atoms with E-state index in [4.69, 9.17) is 16.3 Å². The number of aliphatic carboxylic acids is 1. The van der Waals surface area contributed by atoms with Crippen LogP contribution >= 0.6 is 11.6 Å². The van der Waals surface area contributed by atoms with Crippen LogP contribution in [-0.4, -0.2) is 39.1 Å². The molecule has 0 unspecified atom stereocenters. The van der Waals surface area contributed by atoms with E-state index < -0.39 is 5.97 Å². The summed E-state index contributed by atoms with van der Waals surface area (Å²) < 4.78 is 7.00. The largest absolute Gasteiger partial charge is 0.496 e. The standard InChI is InChI=1S/C32H23ClN4O4/c1-41-30-11-2-19(14-23(30)16-31(38)39)15-27-26-17-25(28(33)18-29(26)35-32(27)40)22-5-3-20(4-6-22)21-7-9-24(10-8-21)37-13-12-34-36-37/h2-15,17-18H,16H2,1H3,(H,35,40)(H,38,39). The van der Waals surface area contributed by atoms with Gasteiger partial charge in [-0.15, -0.1) is 5.10 Å². The highest BCUT2D eigenvalue weighted by Gasteiger charge is 2.26. The van der Waals surface area contributed by atoms with Crippen molar-refractivity contribution >= 4 is 40.8 Å². The highest BCUT2D eigenvalue weighted by atomic mass is 35.5. The molecule has 8 nitrogen and oxygen atoms in total. The van der Waals surface area contributed by atoms with Gasteiger partial charge in [0, 0.05) is 22.3 Å². The predicted molar refractivity (Wildman–Crippen MR) is 158 cm³/mol. The minimum Gasteiger partial charge on any atom is -0.496 e. The van der Waals surface area contributed by atoms with Gasteiger partial charge in [0.2, 0.25) is 0 Å². The summed E-state index contributed by atoms with van der Waals surface area (Å²) in [5.74, 6) is -0.742. The summed E-state index contributed by atoms with van der Waals surface area (Å²) in [6, 6.07) is 25.0. The number of amides is 1. The highest BCUT2D eigenvalue weighted by molar-refractivity contribution is 6.38. The van der Waals surface area contributed by atoms with Gasteiger partial charge in [0.15, 0.2) is 0 Å². The molecule has 4 aromatic carbocycles. The van der Waals surface area contributed by atoms with E-state index in [0.29, 0.717) is 33.2 Å². The van der Waals surface area contributed by atoms with Gasteiger partial charge in [0.05, 0.1) is 42.3 Å². The fourth-order valence-electron chi connectivity index (χ4n) is 4.93. The van der Waals surface area contributed by atoms with Gasteiger partial charge in [-0.05, 0) is 64.7 Å². The molecule has 202 valence electrons. The molecule has 0 fully saturated rings. The van der Waals surface area contributed by atoms with Crippen molar-refractivity contribution in [2.24, 2.45) is 0 Å². The molecule has 0 spiro atoms. The minimum atomic E-state index is -0.967. The second-order valence-electron chi connectivity index (χ2n) is 9.50. The van der Waals surface area contributed by atoms with E-state index in [2.05, 4.69) is 15.6 Å². The van der Waals surface area contributed by atoms with Crippen LogP contribution in [-0.2, 0) is 16.0 Å². The summed E-state index contributed by atoms with van der Waals surface area (Å²) in [6.45, 7) is 0. The fraction of sp³-hybridized carbons (Fsp3) is 0.0625. The number of hydrogen-bond donors (Lipinski definition) is 2. The number of carboxylic acid groups (broad SMARTS) is 1. The average Bonchev–Trinajstić information content (AvgIpc) is 3.61. The third kappa shape index (κ3) is 5.20. The first-order valence-corrected chi connectivity index (χ1v) is 13.1. The molecule has 0 atom stereocenters. The molecular weight excluding hydrogens is 540 g/mol. The van der Waals surface area contributed by atoms with Crippen molar-refractivity contribution in [3.8, 4) is 33.7 Å². The monoisotopic (exact) mass is 562 g/mol. The molecule has 0 aliphatic carbocycles. The van der Waals surface area contributed by atoms with Gasteiger partial charge in [-0.25, -0.2) is 4.68 Å². The Morgan fingerprint density at radius 3 is 2.34 bits per heavy atom. The van der Waals surface area contributed by atoms with E-state index in [1.807, 2.05) is 54.6 Å². The van der Waals surface area contributed by atoms with Gasteiger partial charge in [0.1, 0.15) is 5.75 Å². The van der Waals surface area contributed by atoms with E-state index in [1.54, 1.807) is 47.4 Å². The molecule has 9 heteroatoms. The van der Waals surface area contributed by atoms with Gasteiger partial charge < -0.3 is 15.2 Å². The van der Waals surface area contributed by atoms with Gasteiger partial charge in [0.25, 0.3) is 5.91 Å². The number of hydrogen-bond acceptors (Lipinski definition) is 5. The van der Waals surface area contributed by atoms with Crippen molar-refractivity contribution in [3.63, 3.8) is 0 Å². The number of carboxylic acids is 1. The number of carbonyl (C=O) groups excluding carboxylic acids is 1. The number of ether oxygens (including phenoxy) is 1. The van der Waals surface area contributed by atoms with Crippen LogP contribution in [0.3, 0.4) is 0 Å². The van der Waals surface area contributed by atoms with E-state index in [-0.39, 0.29) is 12.3 Å². The zero-order valence-electron chi connectivity index (χ0n) is 21.8. The van der Waals surface area contributed by atoms with Crippen molar-refractivity contribution in [1.82, 2.24) is 15.0 Å². The summed E-state index contributed by atoms with van der Waals surface area (Å²) in [6.07, 6.45) is 4.99. The van der Waals surface area contributed by atoms with E-state index in [1.165, 1.54) is 7.11 Å². The van der Waals surface area contributed by atoms with Crippen molar-refractivity contribution < 1.29 is 19.4 Å². The third-order valence-electron chi connectivity index (χ3n) is 6.93. The number of benzene rings is 4. The first kappa shape index (κ1) is 26.0. The number of nitrogens with one attached hydrogen (secondary N) is 1. The number of nitrogens with zero attached hydrogens (tertiary/aromatic N) is 3. The van der Waals surface area contributed by atoms with Crippen LogP contribution in [0.5, 0.6) is 5.75 Å². The molecule has 2 heterocycles. The highest BCUT2D eigenvalue weighted by Crippen LogP contribution is 2.41. The van der Waals surface area contributed by atoms with Gasteiger partial charge in [-0.2, -0.15) is 0 Å². The maximum absolute atomic E-state index is 12.9. The Bertz CT molecular complexity index is 1810. The quantitative estimate of drug-likeness (QED) is 0.223. The summed E-state index contributed by atoms with van der Waals surface area (Å²) >= 11 is 6.67. The molecule has 0 bridgehead atoms. The lowest BCUT2D eigenvalue weighted by Crippen LogP contribution is -2.04. The van der Waals surface area contributed by atoms with Crippen molar-refractivity contribution in [2.75, 3.05) is 12.4 Å². The SMILES string of the molecule is COc1ccc(C=C2C(=O)Nc3cc(Cl)c(-c4ccc(-c5ccc(-n6ccnn6)cc5)cc4)cc32)cc1CC(=O)O. The lowest BCUT2D eigenvalue weighted by molar-refractivity contribution is -0.136. The molecule has 0 radical (unpaired) electrons. The van der Waals surface area contributed by atoms with E-state index in [0.717, 1.165) is 33.5 Å². The predicted octanol–water partition coefficient (Wildman–Crippen LogP) is 6.38. The summed E-state index contributed by atoms with van der Waals surface area (Å²) in [5.41, 5.74) is 7.76. The van der Waals surface area contributed by atoms with Crippen LogP contribution in [0, 0.1) is 0 Å². The van der Waals surface area contributed by atoms with Crippen molar-refractivity contribution in [3.05, 3.63) is 113 Å². The van der Waals surface area contributed by atoms with Gasteiger partial charge >= 0.3 is 5.97 Å². The Kier molecular flexibility index (Phi) is 6.83. The zero-order chi connectivity index (χ0) is 28.5. The molecule has 41 heavy (non-hydrogen) atoms. The molecule has 1 aromatic heterocycles. The van der Waals surface area contributed by atoms with Crippen LogP contribution in [0.2, 0.25) is 5.02 Å². The number of aromatic nitrogens is 3. The minimum absolute atomic E-state index is 0.190. The maximum Gasteiger partial charge on any atom is 0.307 e. The molecule has 1 aliphatic rings. The summed E-state index contributed by atoms with van der Waals surface area (Å²) in [4.78, 5) is 24.2. The number of carbonyl (C=O) groups is 2. The second kappa shape index (κ2) is 10.7. The van der Waals surface area contributed by atoms with Crippen LogP contribution in [0.25, 0.3) is 39.6 Å². The Balaban J connectivity index is 1.31. The van der Waals surface area contributed by atoms with Crippen molar-refractivity contribution in [2.45, 2.75) is 6.42 Å². The van der Waals surface area contributed by atoms with Crippen LogP contribution < -0.4 is 10.1 Å². The smallest absolute Gasteiger partial charge is 0.307 e. The molecule has 5 aromatic rings. The summed E-state index contributed by atoms with van der Waals surface area (Å²) in [7, 11) is 1.49. The number of methoxy groups -OCH3 is 1. The molecule has 6 rings (SSSR count). The molecule has 0 saturated heterocycles. The zero-order valence-corrected chi connectivity index (χ0v) is 22.6. The lowest BCUT2D eigenvalue weighted by atomic mass is 9.96. The van der Waals surface area contributed by atoms with E-state index in [9.17, 15) is 14.7 Å². The number of rotatable bonds is 7. The second-order valence-corrected chi connectivity index (χ2v) is 9.91. The Morgan fingerprint density at radius 2 is 1.68 bits per heavy atom. The normalized spacial score (nSPS) is 13.2. The van der Waals surface area contributed by atoms with Gasteiger partial charge in [-0.1, -0.05) is 59.3 Å². The molecule has 0 saturated carbocycles. The lowest BCUT2D eigenvalue weighted by Gasteiger charge is -2.10. The van der Waals surface area contributed by atoms with E-state index >= 15 is 0 Å². The number of halogens is 1. The maximum atomic E-state index is 12.9. The summed E-state index contributed by atoms with van der Waals surface area (Å²) in [5, 5.41) is 20.5. The number of fused-ring (bicyclic) bond motifs is 1. The first-order valence-electron chi connectivity index (χ1n) is 12.7. The Hall–Kier alpha value is -5.21.